The zero-order chi connectivity index (χ0) is 22.4. The average molecular weight is 413 g/mol. The van der Waals surface area contributed by atoms with Gasteiger partial charge in [0.25, 0.3) is 5.91 Å². The van der Waals surface area contributed by atoms with Gasteiger partial charge in [0.15, 0.2) is 0 Å². The van der Waals surface area contributed by atoms with E-state index in [-0.39, 0.29) is 23.9 Å². The number of carbonyl (C=O) groups is 3. The molecule has 3 amide bonds. The largest absolute Gasteiger partial charge is 0.345 e. The van der Waals surface area contributed by atoms with Gasteiger partial charge < -0.3 is 16.0 Å². The zero-order valence-corrected chi connectivity index (χ0v) is 17.9. The Bertz CT molecular complexity index is 916. The molecule has 0 radical (unpaired) electrons. The molecular weight excluding hydrogens is 385 g/mol. The van der Waals surface area contributed by atoms with Gasteiger partial charge >= 0.3 is 0 Å². The van der Waals surface area contributed by atoms with Crippen LogP contribution in [0.1, 0.15) is 40.9 Å². The van der Waals surface area contributed by atoms with Crippen LogP contribution in [0, 0.1) is 32.5 Å². The first-order chi connectivity index (χ1) is 14.1. The van der Waals surface area contributed by atoms with Crippen molar-refractivity contribution in [3.05, 3.63) is 64.5 Å². The monoisotopic (exact) mass is 413 g/mol. The van der Waals surface area contributed by atoms with Crippen LogP contribution in [0.5, 0.6) is 0 Å². The Kier molecular flexibility index (Phi) is 7.69. The minimum Gasteiger partial charge on any atom is -0.345 e. The maximum absolute atomic E-state index is 13.0. The van der Waals surface area contributed by atoms with Gasteiger partial charge in [-0.05, 0) is 62.1 Å². The van der Waals surface area contributed by atoms with Gasteiger partial charge in [-0.15, -0.1) is 0 Å². The summed E-state index contributed by atoms with van der Waals surface area (Å²) in [5.74, 6) is -1.97. The van der Waals surface area contributed by atoms with Gasteiger partial charge in [0.1, 0.15) is 11.9 Å². The Morgan fingerprint density at radius 2 is 1.53 bits per heavy atom. The SMILES string of the molecule is Cc1cc(C)c(NC(=O)CNC(=O)[C@@H](NC(=O)c2ccc(F)cc2)C(C)C)c(C)c1. The molecule has 6 nitrogen and oxygen atoms in total. The lowest BCUT2D eigenvalue weighted by atomic mass is 10.0. The summed E-state index contributed by atoms with van der Waals surface area (Å²) < 4.78 is 13.0. The second-order valence-corrected chi connectivity index (χ2v) is 7.74. The van der Waals surface area contributed by atoms with Crippen molar-refractivity contribution in [2.75, 3.05) is 11.9 Å². The molecule has 0 aliphatic rings. The third-order valence-electron chi connectivity index (χ3n) is 4.71. The van der Waals surface area contributed by atoms with Gasteiger partial charge in [0.05, 0.1) is 6.54 Å². The van der Waals surface area contributed by atoms with Crippen LogP contribution in [0.4, 0.5) is 10.1 Å². The number of rotatable bonds is 7. The Morgan fingerprint density at radius 3 is 2.07 bits per heavy atom. The predicted molar refractivity (Wildman–Crippen MR) is 115 cm³/mol. The predicted octanol–water partition coefficient (Wildman–Crippen LogP) is 3.26. The summed E-state index contributed by atoms with van der Waals surface area (Å²) in [6.45, 7) is 9.16. The zero-order valence-electron chi connectivity index (χ0n) is 17.9. The molecule has 0 bridgehead atoms. The molecule has 0 fully saturated rings. The minimum absolute atomic E-state index is 0.209. The van der Waals surface area contributed by atoms with E-state index in [1.165, 1.54) is 24.3 Å². The number of anilines is 1. The first-order valence-corrected chi connectivity index (χ1v) is 9.80. The molecule has 0 saturated heterocycles. The molecule has 0 aliphatic heterocycles. The molecule has 7 heteroatoms. The van der Waals surface area contributed by atoms with Gasteiger partial charge in [-0.1, -0.05) is 31.5 Å². The van der Waals surface area contributed by atoms with Crippen molar-refractivity contribution in [3.8, 4) is 0 Å². The van der Waals surface area contributed by atoms with Crippen LogP contribution in [0.25, 0.3) is 0 Å². The van der Waals surface area contributed by atoms with Gasteiger partial charge in [-0.25, -0.2) is 4.39 Å². The topological polar surface area (TPSA) is 87.3 Å². The lowest BCUT2D eigenvalue weighted by molar-refractivity contribution is -0.126. The number of carbonyl (C=O) groups excluding carboxylic acids is 3. The molecule has 3 N–H and O–H groups in total. The number of hydrogen-bond acceptors (Lipinski definition) is 3. The molecule has 0 aliphatic carbocycles. The number of halogens is 1. The second kappa shape index (κ2) is 10.0. The fourth-order valence-corrected chi connectivity index (χ4v) is 3.20. The van der Waals surface area contributed by atoms with E-state index in [0.717, 1.165) is 22.4 Å². The van der Waals surface area contributed by atoms with Crippen LogP contribution < -0.4 is 16.0 Å². The smallest absolute Gasteiger partial charge is 0.251 e. The van der Waals surface area contributed by atoms with Crippen molar-refractivity contribution >= 4 is 23.4 Å². The molecular formula is C23H28FN3O3. The Morgan fingerprint density at radius 1 is 0.967 bits per heavy atom. The number of nitrogens with one attached hydrogen (secondary N) is 3. The summed E-state index contributed by atoms with van der Waals surface area (Å²) >= 11 is 0. The minimum atomic E-state index is -0.835. The lowest BCUT2D eigenvalue weighted by Crippen LogP contribution is -2.51. The molecule has 30 heavy (non-hydrogen) atoms. The second-order valence-electron chi connectivity index (χ2n) is 7.74. The highest BCUT2D eigenvalue weighted by atomic mass is 19.1. The maximum atomic E-state index is 13.0. The first-order valence-electron chi connectivity index (χ1n) is 9.80. The first kappa shape index (κ1) is 23.1. The lowest BCUT2D eigenvalue weighted by Gasteiger charge is -2.22. The number of amides is 3. The van der Waals surface area contributed by atoms with Crippen LogP contribution in [0.15, 0.2) is 36.4 Å². The normalized spacial score (nSPS) is 11.7. The van der Waals surface area contributed by atoms with Gasteiger partial charge in [-0.3, -0.25) is 14.4 Å². The van der Waals surface area contributed by atoms with Crippen LogP contribution in [-0.4, -0.2) is 30.3 Å². The summed E-state index contributed by atoms with van der Waals surface area (Å²) in [6, 6.07) is 8.16. The van der Waals surface area contributed by atoms with E-state index in [1.807, 2.05) is 32.9 Å². The van der Waals surface area contributed by atoms with Gasteiger partial charge in [-0.2, -0.15) is 0 Å². The summed E-state index contributed by atoms with van der Waals surface area (Å²) in [6.07, 6.45) is 0. The fourth-order valence-electron chi connectivity index (χ4n) is 3.20. The summed E-state index contributed by atoms with van der Waals surface area (Å²) in [5, 5.41) is 8.04. The van der Waals surface area contributed by atoms with E-state index in [1.54, 1.807) is 13.8 Å². The highest BCUT2D eigenvalue weighted by Gasteiger charge is 2.25. The molecule has 2 rings (SSSR count). The van der Waals surface area contributed by atoms with Crippen molar-refractivity contribution in [2.24, 2.45) is 5.92 Å². The number of benzene rings is 2. The Labute approximate surface area is 176 Å². The fraction of sp³-hybridized carbons (Fsp3) is 0.348. The molecule has 0 aromatic heterocycles. The highest BCUT2D eigenvalue weighted by Crippen LogP contribution is 2.21. The molecule has 1 atom stereocenters. The van der Waals surface area contributed by atoms with Crippen molar-refractivity contribution < 1.29 is 18.8 Å². The third kappa shape index (κ3) is 6.14. The molecule has 160 valence electrons. The van der Waals surface area contributed by atoms with Crippen LogP contribution in [-0.2, 0) is 9.59 Å². The standard InChI is InChI=1S/C23H28FN3O3/c1-13(2)20(27-22(29)17-6-8-18(24)9-7-17)23(30)25-12-19(28)26-21-15(4)10-14(3)11-16(21)5/h6-11,13,20H,12H2,1-5H3,(H,25,30)(H,26,28)(H,27,29)/t20-/m0/s1. The Balaban J connectivity index is 1.97. The van der Waals surface area contributed by atoms with Gasteiger partial charge in [0.2, 0.25) is 11.8 Å². The molecule has 2 aromatic rings. The van der Waals surface area contributed by atoms with Crippen molar-refractivity contribution in [1.82, 2.24) is 10.6 Å². The van der Waals surface area contributed by atoms with Gasteiger partial charge in [0, 0.05) is 11.3 Å². The van der Waals surface area contributed by atoms with E-state index in [9.17, 15) is 18.8 Å². The molecule has 0 unspecified atom stereocenters. The number of aryl methyl sites for hydroxylation is 3. The number of hydrogen-bond donors (Lipinski definition) is 3. The summed E-state index contributed by atoms with van der Waals surface area (Å²) in [5.41, 5.74) is 3.97. The van der Waals surface area contributed by atoms with E-state index in [0.29, 0.717) is 0 Å². The van der Waals surface area contributed by atoms with Crippen molar-refractivity contribution in [2.45, 2.75) is 40.7 Å². The van der Waals surface area contributed by atoms with Crippen molar-refractivity contribution in [3.63, 3.8) is 0 Å². The average Bonchev–Trinajstić information content (AvgIpc) is 2.67. The van der Waals surface area contributed by atoms with Crippen LogP contribution in [0.2, 0.25) is 0 Å². The quantitative estimate of drug-likeness (QED) is 0.651. The van der Waals surface area contributed by atoms with E-state index < -0.39 is 23.7 Å². The molecule has 0 heterocycles. The van der Waals surface area contributed by atoms with E-state index in [4.69, 9.17) is 0 Å². The maximum Gasteiger partial charge on any atom is 0.251 e. The van der Waals surface area contributed by atoms with E-state index >= 15 is 0 Å². The van der Waals surface area contributed by atoms with Crippen LogP contribution in [0.3, 0.4) is 0 Å². The van der Waals surface area contributed by atoms with Crippen molar-refractivity contribution in [1.29, 1.82) is 0 Å². The third-order valence-corrected chi connectivity index (χ3v) is 4.71. The highest BCUT2D eigenvalue weighted by molar-refractivity contribution is 5.99. The molecule has 0 spiro atoms. The molecule has 2 aromatic carbocycles. The summed E-state index contributed by atoms with van der Waals surface area (Å²) in [4.78, 5) is 37.3. The Hall–Kier alpha value is -3.22. The summed E-state index contributed by atoms with van der Waals surface area (Å²) in [7, 11) is 0. The van der Waals surface area contributed by atoms with Crippen LogP contribution >= 0.6 is 0 Å². The molecule has 0 saturated carbocycles. The van der Waals surface area contributed by atoms with E-state index in [2.05, 4.69) is 16.0 Å².